The summed E-state index contributed by atoms with van der Waals surface area (Å²) in [5.74, 6) is 0. The van der Waals surface area contributed by atoms with Crippen LogP contribution in [0, 0.1) is 5.41 Å². The van der Waals surface area contributed by atoms with Crippen LogP contribution >= 0.6 is 15.9 Å². The third-order valence-electron chi connectivity index (χ3n) is 4.58. The van der Waals surface area contributed by atoms with Crippen molar-refractivity contribution < 1.29 is 0 Å². The minimum atomic E-state index is 0.547. The van der Waals surface area contributed by atoms with Crippen LogP contribution in [0.4, 0.5) is 5.69 Å². The standard InChI is InChI=1S/C16H25BrN2/c1-4-16(2)7-9-19(10-8-16)15-11-14(17)6-5-13(15)12-18-3/h5-6,11,18H,4,7-10,12H2,1-3H3. The number of hydrogen-bond acceptors (Lipinski definition) is 2. The highest BCUT2D eigenvalue weighted by Gasteiger charge is 2.28. The maximum atomic E-state index is 3.60. The summed E-state index contributed by atoms with van der Waals surface area (Å²) in [7, 11) is 2.01. The van der Waals surface area contributed by atoms with Gasteiger partial charge in [0, 0.05) is 29.8 Å². The summed E-state index contributed by atoms with van der Waals surface area (Å²) >= 11 is 3.60. The van der Waals surface area contributed by atoms with E-state index in [2.05, 4.69) is 58.2 Å². The number of piperidine rings is 1. The molecule has 0 saturated carbocycles. The maximum Gasteiger partial charge on any atom is 0.0423 e. The Balaban J connectivity index is 2.16. The van der Waals surface area contributed by atoms with Gasteiger partial charge in [-0.25, -0.2) is 0 Å². The van der Waals surface area contributed by atoms with Gasteiger partial charge in [-0.2, -0.15) is 0 Å². The Bertz CT molecular complexity index is 423. The van der Waals surface area contributed by atoms with Gasteiger partial charge in [0.05, 0.1) is 0 Å². The zero-order valence-electron chi connectivity index (χ0n) is 12.3. The summed E-state index contributed by atoms with van der Waals surface area (Å²) in [6.45, 7) is 8.04. The van der Waals surface area contributed by atoms with E-state index in [0.717, 1.165) is 6.54 Å². The van der Waals surface area contributed by atoms with Crippen LogP contribution in [0.25, 0.3) is 0 Å². The summed E-state index contributed by atoms with van der Waals surface area (Å²) in [6.07, 6.45) is 3.90. The molecule has 0 amide bonds. The molecular formula is C16H25BrN2. The minimum absolute atomic E-state index is 0.547. The van der Waals surface area contributed by atoms with Crippen LogP contribution in [-0.2, 0) is 6.54 Å². The molecule has 1 aliphatic rings. The average molecular weight is 325 g/mol. The van der Waals surface area contributed by atoms with Crippen LogP contribution in [0.15, 0.2) is 22.7 Å². The number of hydrogen-bond donors (Lipinski definition) is 1. The first-order valence-corrected chi connectivity index (χ1v) is 8.05. The van der Waals surface area contributed by atoms with Crippen molar-refractivity contribution in [2.75, 3.05) is 25.0 Å². The van der Waals surface area contributed by atoms with Gasteiger partial charge in [-0.15, -0.1) is 0 Å². The molecule has 1 heterocycles. The molecule has 0 aliphatic carbocycles. The lowest BCUT2D eigenvalue weighted by Crippen LogP contribution is -2.39. The first-order valence-electron chi connectivity index (χ1n) is 7.26. The second-order valence-electron chi connectivity index (χ2n) is 5.95. The molecule has 0 bridgehead atoms. The van der Waals surface area contributed by atoms with Crippen LogP contribution in [0.1, 0.15) is 38.7 Å². The van der Waals surface area contributed by atoms with Gasteiger partial charge >= 0.3 is 0 Å². The van der Waals surface area contributed by atoms with Crippen LogP contribution < -0.4 is 10.2 Å². The molecule has 1 saturated heterocycles. The van der Waals surface area contributed by atoms with Gasteiger partial charge in [0.25, 0.3) is 0 Å². The monoisotopic (exact) mass is 324 g/mol. The lowest BCUT2D eigenvalue weighted by Gasteiger charge is -2.40. The third-order valence-corrected chi connectivity index (χ3v) is 5.07. The van der Waals surface area contributed by atoms with Crippen molar-refractivity contribution in [1.29, 1.82) is 0 Å². The second-order valence-corrected chi connectivity index (χ2v) is 6.87. The number of rotatable bonds is 4. The zero-order chi connectivity index (χ0) is 13.9. The Labute approximate surface area is 125 Å². The molecule has 106 valence electrons. The van der Waals surface area contributed by atoms with Crippen molar-refractivity contribution >= 4 is 21.6 Å². The number of nitrogens with one attached hydrogen (secondary N) is 1. The molecule has 1 fully saturated rings. The molecular weight excluding hydrogens is 300 g/mol. The first kappa shape index (κ1) is 14.9. The van der Waals surface area contributed by atoms with E-state index in [0.29, 0.717) is 5.41 Å². The molecule has 19 heavy (non-hydrogen) atoms. The summed E-state index contributed by atoms with van der Waals surface area (Å²) in [4.78, 5) is 2.55. The Morgan fingerprint density at radius 1 is 1.32 bits per heavy atom. The minimum Gasteiger partial charge on any atom is -0.371 e. The number of anilines is 1. The SMILES string of the molecule is CCC1(C)CCN(c2cc(Br)ccc2CNC)CC1. The van der Waals surface area contributed by atoms with Crippen molar-refractivity contribution in [3.8, 4) is 0 Å². The molecule has 2 rings (SSSR count). The van der Waals surface area contributed by atoms with Crippen LogP contribution in [0.2, 0.25) is 0 Å². The normalized spacial score (nSPS) is 18.6. The summed E-state index contributed by atoms with van der Waals surface area (Å²) in [5, 5.41) is 3.27. The summed E-state index contributed by atoms with van der Waals surface area (Å²) in [6, 6.07) is 6.63. The highest BCUT2D eigenvalue weighted by atomic mass is 79.9. The Morgan fingerprint density at radius 3 is 2.58 bits per heavy atom. The Kier molecular flexibility index (Phi) is 4.91. The molecule has 1 aliphatic heterocycles. The van der Waals surface area contributed by atoms with E-state index in [1.54, 1.807) is 0 Å². The Morgan fingerprint density at radius 2 is 2.00 bits per heavy atom. The zero-order valence-corrected chi connectivity index (χ0v) is 13.9. The number of nitrogens with zero attached hydrogens (tertiary/aromatic N) is 1. The summed E-state index contributed by atoms with van der Waals surface area (Å²) in [5.41, 5.74) is 3.33. The fourth-order valence-electron chi connectivity index (χ4n) is 2.81. The third kappa shape index (κ3) is 3.51. The molecule has 0 unspecified atom stereocenters. The molecule has 0 spiro atoms. The van der Waals surface area contributed by atoms with Gasteiger partial charge in [0.2, 0.25) is 0 Å². The second kappa shape index (κ2) is 6.27. The molecule has 3 heteroatoms. The van der Waals surface area contributed by atoms with E-state index >= 15 is 0 Å². The highest BCUT2D eigenvalue weighted by Crippen LogP contribution is 2.37. The van der Waals surface area contributed by atoms with Crippen molar-refractivity contribution in [1.82, 2.24) is 5.32 Å². The molecule has 0 atom stereocenters. The highest BCUT2D eigenvalue weighted by molar-refractivity contribution is 9.10. The maximum absolute atomic E-state index is 3.60. The predicted molar refractivity (Wildman–Crippen MR) is 86.8 cm³/mol. The van der Waals surface area contributed by atoms with Gasteiger partial charge < -0.3 is 10.2 Å². The largest absolute Gasteiger partial charge is 0.371 e. The van der Waals surface area contributed by atoms with Crippen molar-refractivity contribution in [2.24, 2.45) is 5.41 Å². The van der Waals surface area contributed by atoms with Crippen molar-refractivity contribution in [3.63, 3.8) is 0 Å². The first-order chi connectivity index (χ1) is 9.08. The fourth-order valence-corrected chi connectivity index (χ4v) is 3.16. The van der Waals surface area contributed by atoms with Crippen LogP contribution in [-0.4, -0.2) is 20.1 Å². The summed E-state index contributed by atoms with van der Waals surface area (Å²) < 4.78 is 1.17. The van der Waals surface area contributed by atoms with E-state index in [4.69, 9.17) is 0 Å². The molecule has 1 aromatic rings. The fraction of sp³-hybridized carbons (Fsp3) is 0.625. The van der Waals surface area contributed by atoms with Gasteiger partial charge in [0.1, 0.15) is 0 Å². The van der Waals surface area contributed by atoms with E-state index in [1.165, 1.54) is 48.1 Å². The van der Waals surface area contributed by atoms with Gasteiger partial charge in [0.15, 0.2) is 0 Å². The molecule has 1 N–H and O–H groups in total. The van der Waals surface area contributed by atoms with E-state index in [9.17, 15) is 0 Å². The van der Waals surface area contributed by atoms with E-state index < -0.39 is 0 Å². The van der Waals surface area contributed by atoms with E-state index in [1.807, 2.05) is 7.05 Å². The quantitative estimate of drug-likeness (QED) is 0.893. The van der Waals surface area contributed by atoms with Crippen molar-refractivity contribution in [3.05, 3.63) is 28.2 Å². The Hall–Kier alpha value is -0.540. The topological polar surface area (TPSA) is 15.3 Å². The van der Waals surface area contributed by atoms with E-state index in [-0.39, 0.29) is 0 Å². The number of benzene rings is 1. The van der Waals surface area contributed by atoms with Gasteiger partial charge in [-0.05, 0) is 43.0 Å². The molecule has 1 aromatic carbocycles. The molecule has 2 nitrogen and oxygen atoms in total. The predicted octanol–water partition coefficient (Wildman–Crippen LogP) is 4.19. The molecule has 0 aromatic heterocycles. The lowest BCUT2D eigenvalue weighted by molar-refractivity contribution is 0.238. The van der Waals surface area contributed by atoms with Crippen molar-refractivity contribution in [2.45, 2.75) is 39.7 Å². The van der Waals surface area contributed by atoms with Crippen LogP contribution in [0.3, 0.4) is 0 Å². The van der Waals surface area contributed by atoms with Gasteiger partial charge in [-0.3, -0.25) is 0 Å². The van der Waals surface area contributed by atoms with Gasteiger partial charge in [-0.1, -0.05) is 42.3 Å². The lowest BCUT2D eigenvalue weighted by atomic mass is 9.78. The number of halogens is 1. The smallest absolute Gasteiger partial charge is 0.0423 e. The molecule has 0 radical (unpaired) electrons. The van der Waals surface area contributed by atoms with Crippen LogP contribution in [0.5, 0.6) is 0 Å². The average Bonchev–Trinajstić information content (AvgIpc) is 2.42.